The van der Waals surface area contributed by atoms with E-state index in [0.717, 1.165) is 6.42 Å². The maximum absolute atomic E-state index is 6.68. The average Bonchev–Trinajstić information content (AvgIpc) is 2.41. The quantitative estimate of drug-likeness (QED) is 0.884. The fourth-order valence-electron chi connectivity index (χ4n) is 3.28. The first-order valence-electron chi connectivity index (χ1n) is 7.24. The third-order valence-electron chi connectivity index (χ3n) is 4.31. The summed E-state index contributed by atoms with van der Waals surface area (Å²) in [5.41, 5.74) is 7.68. The highest BCUT2D eigenvalue weighted by molar-refractivity contribution is 5.25. The summed E-state index contributed by atoms with van der Waals surface area (Å²) < 4.78 is 0. The Morgan fingerprint density at radius 2 is 1.78 bits per heavy atom. The van der Waals surface area contributed by atoms with Crippen LogP contribution in [-0.2, 0) is 5.54 Å². The second kappa shape index (κ2) is 5.85. The topological polar surface area (TPSA) is 29.3 Å². The Labute approximate surface area is 111 Å². The first-order chi connectivity index (χ1) is 8.66. The number of rotatable bonds is 4. The second-order valence-electron chi connectivity index (χ2n) is 5.67. The van der Waals surface area contributed by atoms with E-state index in [1.54, 1.807) is 0 Å². The maximum atomic E-state index is 6.68. The standard InChI is InChI=1S/C16H26N2/c1-3-15(18-12-8-5-9-13-18)16(2,17)14-10-6-4-7-11-14/h4,6-7,10-11,15H,3,5,8-9,12-13,17H2,1-2H3. The van der Waals surface area contributed by atoms with Crippen LogP contribution in [0.5, 0.6) is 0 Å². The van der Waals surface area contributed by atoms with Crippen LogP contribution in [-0.4, -0.2) is 24.0 Å². The molecule has 1 aliphatic rings. The molecule has 2 nitrogen and oxygen atoms in total. The molecular weight excluding hydrogens is 220 g/mol. The summed E-state index contributed by atoms with van der Waals surface area (Å²) in [5, 5.41) is 0. The van der Waals surface area contributed by atoms with Gasteiger partial charge in [-0.2, -0.15) is 0 Å². The summed E-state index contributed by atoms with van der Waals surface area (Å²) in [6.45, 7) is 6.86. The van der Waals surface area contributed by atoms with Crippen LogP contribution in [0.25, 0.3) is 0 Å². The van der Waals surface area contributed by atoms with Crippen LogP contribution in [0.1, 0.15) is 45.1 Å². The number of nitrogens with two attached hydrogens (primary N) is 1. The molecule has 2 unspecified atom stereocenters. The van der Waals surface area contributed by atoms with E-state index in [2.05, 4.69) is 49.1 Å². The van der Waals surface area contributed by atoms with Crippen molar-refractivity contribution in [2.24, 2.45) is 5.73 Å². The molecule has 1 aliphatic heterocycles. The highest BCUT2D eigenvalue weighted by Gasteiger charge is 2.35. The largest absolute Gasteiger partial charge is 0.320 e. The van der Waals surface area contributed by atoms with E-state index in [9.17, 15) is 0 Å². The second-order valence-corrected chi connectivity index (χ2v) is 5.67. The van der Waals surface area contributed by atoms with E-state index in [0.29, 0.717) is 6.04 Å². The van der Waals surface area contributed by atoms with Gasteiger partial charge in [0.25, 0.3) is 0 Å². The van der Waals surface area contributed by atoms with Gasteiger partial charge in [-0.3, -0.25) is 4.90 Å². The van der Waals surface area contributed by atoms with Gasteiger partial charge < -0.3 is 5.73 Å². The minimum absolute atomic E-state index is 0.257. The summed E-state index contributed by atoms with van der Waals surface area (Å²) in [5.74, 6) is 0. The van der Waals surface area contributed by atoms with Gasteiger partial charge >= 0.3 is 0 Å². The third-order valence-corrected chi connectivity index (χ3v) is 4.31. The monoisotopic (exact) mass is 246 g/mol. The van der Waals surface area contributed by atoms with Gasteiger partial charge in [0.1, 0.15) is 0 Å². The zero-order valence-corrected chi connectivity index (χ0v) is 11.7. The molecule has 0 aliphatic carbocycles. The molecule has 1 aromatic rings. The summed E-state index contributed by atoms with van der Waals surface area (Å²) in [6, 6.07) is 11.0. The van der Waals surface area contributed by atoms with Crippen LogP contribution < -0.4 is 5.73 Å². The van der Waals surface area contributed by atoms with Crippen molar-refractivity contribution >= 4 is 0 Å². The number of hydrogen-bond acceptors (Lipinski definition) is 2. The van der Waals surface area contributed by atoms with E-state index in [4.69, 9.17) is 5.73 Å². The highest BCUT2D eigenvalue weighted by atomic mass is 15.2. The van der Waals surface area contributed by atoms with E-state index < -0.39 is 0 Å². The SMILES string of the molecule is CCC(N1CCCCC1)C(C)(N)c1ccccc1. The van der Waals surface area contributed by atoms with E-state index in [1.807, 2.05) is 0 Å². The molecule has 1 heterocycles. The molecule has 2 rings (SSSR count). The zero-order valence-electron chi connectivity index (χ0n) is 11.7. The number of nitrogens with zero attached hydrogens (tertiary/aromatic N) is 1. The lowest BCUT2D eigenvalue weighted by Crippen LogP contribution is -2.55. The van der Waals surface area contributed by atoms with Gasteiger partial charge in [-0.25, -0.2) is 0 Å². The molecule has 1 aromatic carbocycles. The van der Waals surface area contributed by atoms with Crippen molar-refractivity contribution in [2.75, 3.05) is 13.1 Å². The highest BCUT2D eigenvalue weighted by Crippen LogP contribution is 2.29. The molecular formula is C16H26N2. The van der Waals surface area contributed by atoms with Crippen LogP contribution in [0.4, 0.5) is 0 Å². The van der Waals surface area contributed by atoms with Gasteiger partial charge in [-0.05, 0) is 44.8 Å². The fourth-order valence-corrected chi connectivity index (χ4v) is 3.28. The Morgan fingerprint density at radius 3 is 2.33 bits per heavy atom. The van der Waals surface area contributed by atoms with Crippen molar-refractivity contribution in [1.82, 2.24) is 4.90 Å². The van der Waals surface area contributed by atoms with E-state index >= 15 is 0 Å². The normalized spacial score (nSPS) is 22.4. The number of benzene rings is 1. The van der Waals surface area contributed by atoms with Crippen molar-refractivity contribution in [2.45, 2.75) is 51.1 Å². The molecule has 100 valence electrons. The smallest absolute Gasteiger partial charge is 0.0538 e. The molecule has 0 aromatic heterocycles. The first-order valence-corrected chi connectivity index (χ1v) is 7.24. The van der Waals surface area contributed by atoms with Gasteiger partial charge in [-0.15, -0.1) is 0 Å². The molecule has 2 atom stereocenters. The minimum Gasteiger partial charge on any atom is -0.320 e. The Hall–Kier alpha value is -0.860. The summed E-state index contributed by atoms with van der Waals surface area (Å²) in [6.07, 6.45) is 5.13. The lowest BCUT2D eigenvalue weighted by atomic mass is 9.82. The predicted molar refractivity (Wildman–Crippen MR) is 77.5 cm³/mol. The minimum atomic E-state index is -0.257. The molecule has 2 heteroatoms. The van der Waals surface area contributed by atoms with Crippen molar-refractivity contribution in [3.8, 4) is 0 Å². The van der Waals surface area contributed by atoms with Gasteiger partial charge in [-0.1, -0.05) is 43.7 Å². The number of hydrogen-bond donors (Lipinski definition) is 1. The molecule has 18 heavy (non-hydrogen) atoms. The Morgan fingerprint density at radius 1 is 1.17 bits per heavy atom. The lowest BCUT2D eigenvalue weighted by Gasteiger charge is -2.43. The summed E-state index contributed by atoms with van der Waals surface area (Å²) >= 11 is 0. The van der Waals surface area contributed by atoms with Crippen molar-refractivity contribution in [1.29, 1.82) is 0 Å². The fraction of sp³-hybridized carbons (Fsp3) is 0.625. The average molecular weight is 246 g/mol. The molecule has 0 bridgehead atoms. The van der Waals surface area contributed by atoms with Crippen LogP contribution in [0.2, 0.25) is 0 Å². The lowest BCUT2D eigenvalue weighted by molar-refractivity contribution is 0.101. The van der Waals surface area contributed by atoms with Gasteiger partial charge in [0, 0.05) is 6.04 Å². The van der Waals surface area contributed by atoms with Gasteiger partial charge in [0.2, 0.25) is 0 Å². The molecule has 0 spiro atoms. The summed E-state index contributed by atoms with van der Waals surface area (Å²) in [7, 11) is 0. The van der Waals surface area contributed by atoms with Crippen LogP contribution in [0.15, 0.2) is 30.3 Å². The number of piperidine rings is 1. The molecule has 0 amide bonds. The Bertz CT molecular complexity index is 353. The molecule has 0 radical (unpaired) electrons. The van der Waals surface area contributed by atoms with Crippen molar-refractivity contribution < 1.29 is 0 Å². The van der Waals surface area contributed by atoms with Gasteiger partial charge in [0.05, 0.1) is 5.54 Å². The Kier molecular flexibility index (Phi) is 4.41. The molecule has 0 saturated carbocycles. The third kappa shape index (κ3) is 2.76. The van der Waals surface area contributed by atoms with Crippen LogP contribution in [0, 0.1) is 0 Å². The molecule has 2 N–H and O–H groups in total. The maximum Gasteiger partial charge on any atom is 0.0538 e. The summed E-state index contributed by atoms with van der Waals surface area (Å²) in [4.78, 5) is 2.59. The number of likely N-dealkylation sites (tertiary alicyclic amines) is 1. The van der Waals surface area contributed by atoms with E-state index in [-0.39, 0.29) is 5.54 Å². The predicted octanol–water partition coefficient (Wildman–Crippen LogP) is 3.13. The van der Waals surface area contributed by atoms with Crippen LogP contribution in [0.3, 0.4) is 0 Å². The molecule has 1 fully saturated rings. The Balaban J connectivity index is 2.19. The van der Waals surface area contributed by atoms with E-state index in [1.165, 1.54) is 37.9 Å². The van der Waals surface area contributed by atoms with Crippen LogP contribution >= 0.6 is 0 Å². The van der Waals surface area contributed by atoms with Gasteiger partial charge in [0.15, 0.2) is 0 Å². The van der Waals surface area contributed by atoms with Crippen molar-refractivity contribution in [3.63, 3.8) is 0 Å². The van der Waals surface area contributed by atoms with Crippen molar-refractivity contribution in [3.05, 3.63) is 35.9 Å². The first kappa shape index (κ1) is 13.6. The zero-order chi connectivity index (χ0) is 13.0. The molecule has 1 saturated heterocycles.